The summed E-state index contributed by atoms with van der Waals surface area (Å²) in [7, 11) is 3.39. The average Bonchev–Trinajstić information content (AvgIpc) is 3.46. The monoisotopic (exact) mass is 1060 g/mol. The average molecular weight is 1060 g/mol. The summed E-state index contributed by atoms with van der Waals surface area (Å²) in [5.74, 6) is -0.579. The largest absolute Gasteiger partial charge is 0.447 e. The van der Waals surface area contributed by atoms with Crippen molar-refractivity contribution in [1.29, 1.82) is 0 Å². The summed E-state index contributed by atoms with van der Waals surface area (Å²) in [4.78, 5) is 52.9. The highest BCUT2D eigenvalue weighted by atomic mass is 16.6. The Morgan fingerprint density at radius 2 is 1.34 bits per heavy atom. The smallest absolute Gasteiger partial charge is 0.409 e. The molecule has 0 saturated carbocycles. The first-order chi connectivity index (χ1) is 37.2. The molecule has 4 aromatic rings. The lowest BCUT2D eigenvalue weighted by molar-refractivity contribution is -0.0211. The first-order valence-electron chi connectivity index (χ1n) is 26.8. The van der Waals surface area contributed by atoms with Crippen molar-refractivity contribution in [3.63, 3.8) is 0 Å². The number of rotatable bonds is 34. The van der Waals surface area contributed by atoms with Crippen LogP contribution in [0.3, 0.4) is 0 Å². The van der Waals surface area contributed by atoms with E-state index in [-0.39, 0.29) is 37.2 Å². The lowest BCUT2D eigenvalue weighted by Gasteiger charge is -2.34. The summed E-state index contributed by atoms with van der Waals surface area (Å²) in [6.07, 6.45) is 3.37. The van der Waals surface area contributed by atoms with Crippen LogP contribution in [0.25, 0.3) is 11.3 Å². The van der Waals surface area contributed by atoms with Crippen molar-refractivity contribution in [1.82, 2.24) is 25.0 Å². The van der Waals surface area contributed by atoms with Crippen molar-refractivity contribution in [2.45, 2.75) is 45.4 Å². The van der Waals surface area contributed by atoms with E-state index < -0.39 is 6.23 Å². The summed E-state index contributed by atoms with van der Waals surface area (Å²) in [5.41, 5.74) is 6.75. The summed E-state index contributed by atoms with van der Waals surface area (Å²) < 4.78 is 43.2. The number of fused-ring (bicyclic) bond motifs is 1. The normalized spacial score (nSPS) is 15.0. The molecule has 76 heavy (non-hydrogen) atoms. The van der Waals surface area contributed by atoms with Gasteiger partial charge in [0.25, 0.3) is 11.8 Å². The molecule has 2 atom stereocenters. The standard InChI is InChI=1S/C57H81N7O12/c1-5-63(6-2)48-17-18-52(50(43-48)53-42-46(19-20-58-53)55(66)59-51-16-10-12-44-11-7-8-15-49(44)51)60-54(65)45-13-9-14-47(41-45)56(67)61(3)21-22-62-23-25-64(26-24-62)57(68)76-40-39-75-38-37-74-36-35-73-34-33-72-32-31-71-30-29-70-28-27-69-4/h7-9,11,13-15,17-20,41-43,51,55,59,66H,5-6,10,12,16,21-40H2,1-4H3,(H,60,65)/t51-,55?/m0/s1. The SMILES string of the molecule is CCN(CC)c1ccc(NC(=O)c2cccc(C(=O)N(C)CCN3CCN(C(=O)OCCOCCOCCOCCOCCOCCOCCOC)CC3)c2)c(-c2cc(C(O)N[C@H]3CCCc4ccccc43)ccn2)c1. The number of aliphatic hydroxyl groups excluding tert-OH is 1. The fraction of sp³-hybridized carbons (Fsp3) is 0.544. The predicted octanol–water partition coefficient (Wildman–Crippen LogP) is 6.08. The van der Waals surface area contributed by atoms with Crippen molar-refractivity contribution in [2.24, 2.45) is 0 Å². The van der Waals surface area contributed by atoms with E-state index in [1.807, 2.05) is 36.4 Å². The molecule has 0 radical (unpaired) electrons. The van der Waals surface area contributed by atoms with Gasteiger partial charge in [-0.1, -0.05) is 30.3 Å². The maximum atomic E-state index is 14.0. The molecule has 19 nitrogen and oxygen atoms in total. The van der Waals surface area contributed by atoms with Gasteiger partial charge in [-0.05, 0) is 98.3 Å². The van der Waals surface area contributed by atoms with Crippen LogP contribution in [0.5, 0.6) is 0 Å². The number of nitrogens with zero attached hydrogens (tertiary/aromatic N) is 5. The molecule has 2 heterocycles. The van der Waals surface area contributed by atoms with Crippen molar-refractivity contribution >= 4 is 29.3 Å². The van der Waals surface area contributed by atoms with Gasteiger partial charge >= 0.3 is 6.09 Å². The van der Waals surface area contributed by atoms with Gasteiger partial charge in [0, 0.05) is 101 Å². The topological polar surface area (TPSA) is 195 Å². The van der Waals surface area contributed by atoms with Crippen LogP contribution in [-0.4, -0.2) is 202 Å². The van der Waals surface area contributed by atoms with Crippen LogP contribution in [0.1, 0.15) is 76.4 Å². The third-order valence-corrected chi connectivity index (χ3v) is 13.3. The maximum Gasteiger partial charge on any atom is 0.409 e. The third kappa shape index (κ3) is 19.5. The van der Waals surface area contributed by atoms with Crippen molar-refractivity contribution < 1.29 is 57.4 Å². The second kappa shape index (κ2) is 33.5. The molecule has 3 amide bonds. The summed E-state index contributed by atoms with van der Waals surface area (Å²) in [6, 6.07) is 24.7. The van der Waals surface area contributed by atoms with Crippen LogP contribution in [-0.2, 0) is 44.3 Å². The molecule has 1 fully saturated rings. The van der Waals surface area contributed by atoms with Crippen LogP contribution in [0.15, 0.2) is 85.1 Å². The van der Waals surface area contributed by atoms with Gasteiger partial charge < -0.3 is 63.0 Å². The fourth-order valence-corrected chi connectivity index (χ4v) is 9.00. The molecule has 1 aliphatic carbocycles. The molecular weight excluding hydrogens is 975 g/mol. The first kappa shape index (κ1) is 59.7. The van der Waals surface area contributed by atoms with Gasteiger partial charge in [-0.15, -0.1) is 0 Å². The van der Waals surface area contributed by atoms with Crippen LogP contribution in [0, 0.1) is 0 Å². The number of benzene rings is 3. The molecule has 0 bridgehead atoms. The Morgan fingerprint density at radius 3 is 1.99 bits per heavy atom. The van der Waals surface area contributed by atoms with Gasteiger partial charge in [-0.3, -0.25) is 24.8 Å². The number of piperazine rings is 1. The summed E-state index contributed by atoms with van der Waals surface area (Å²) in [5, 5.41) is 18.1. The fourth-order valence-electron chi connectivity index (χ4n) is 9.00. The van der Waals surface area contributed by atoms with Crippen LogP contribution < -0.4 is 15.5 Å². The molecule has 3 N–H and O–H groups in total. The molecule has 1 aliphatic heterocycles. The minimum absolute atomic E-state index is 0.0223. The lowest BCUT2D eigenvalue weighted by Crippen LogP contribution is -2.50. The second-order valence-electron chi connectivity index (χ2n) is 18.5. The Morgan fingerprint density at radius 1 is 0.724 bits per heavy atom. The van der Waals surface area contributed by atoms with Crippen molar-refractivity contribution in [3.05, 3.63) is 113 Å². The van der Waals surface area contributed by atoms with Crippen LogP contribution >= 0.6 is 0 Å². The highest BCUT2D eigenvalue weighted by molar-refractivity contribution is 6.08. The number of pyridine rings is 1. The predicted molar refractivity (Wildman–Crippen MR) is 291 cm³/mol. The molecule has 3 aromatic carbocycles. The summed E-state index contributed by atoms with van der Waals surface area (Å²) in [6.45, 7) is 15.3. The number of hydrogen-bond donors (Lipinski definition) is 3. The zero-order chi connectivity index (χ0) is 53.7. The van der Waals surface area contributed by atoms with Gasteiger partial charge in [0.2, 0.25) is 0 Å². The van der Waals surface area contributed by atoms with E-state index in [1.54, 1.807) is 54.4 Å². The number of anilines is 2. The highest BCUT2D eigenvalue weighted by Gasteiger charge is 2.25. The number of aryl methyl sites for hydroxylation is 1. The quantitative estimate of drug-likeness (QED) is 0.0360. The van der Waals surface area contributed by atoms with Crippen LogP contribution in [0.2, 0.25) is 0 Å². The number of carbonyl (C=O) groups excluding carboxylic acids is 3. The third-order valence-electron chi connectivity index (χ3n) is 13.3. The van der Waals surface area contributed by atoms with Crippen LogP contribution in [0.4, 0.5) is 16.2 Å². The Kier molecular flexibility index (Phi) is 26.3. The van der Waals surface area contributed by atoms with Gasteiger partial charge in [0.1, 0.15) is 12.8 Å². The van der Waals surface area contributed by atoms with Crippen molar-refractivity contribution in [2.75, 3.05) is 169 Å². The second-order valence-corrected chi connectivity index (χ2v) is 18.5. The Labute approximate surface area is 449 Å². The number of amides is 3. The molecule has 6 rings (SSSR count). The van der Waals surface area contributed by atoms with E-state index >= 15 is 0 Å². The molecule has 0 spiro atoms. The Hall–Kier alpha value is -5.58. The lowest BCUT2D eigenvalue weighted by atomic mass is 9.87. The number of methoxy groups -OCH3 is 1. The number of aromatic nitrogens is 1. The van der Waals surface area contributed by atoms with Crippen molar-refractivity contribution in [3.8, 4) is 11.3 Å². The van der Waals surface area contributed by atoms with E-state index in [4.69, 9.17) is 42.9 Å². The number of carbonyl (C=O) groups is 3. The van der Waals surface area contributed by atoms with Gasteiger partial charge in [-0.2, -0.15) is 0 Å². The molecule has 1 saturated heterocycles. The molecule has 416 valence electrons. The van der Waals surface area contributed by atoms with E-state index in [2.05, 4.69) is 52.5 Å². The van der Waals surface area contributed by atoms with E-state index in [0.717, 1.165) is 38.0 Å². The van der Waals surface area contributed by atoms with E-state index in [9.17, 15) is 19.5 Å². The van der Waals surface area contributed by atoms with E-state index in [0.29, 0.717) is 152 Å². The summed E-state index contributed by atoms with van der Waals surface area (Å²) >= 11 is 0. The number of aliphatic hydroxyl groups is 1. The zero-order valence-electron chi connectivity index (χ0n) is 45.1. The van der Waals surface area contributed by atoms with Gasteiger partial charge in [-0.25, -0.2) is 4.79 Å². The van der Waals surface area contributed by atoms with Gasteiger partial charge in [0.05, 0.1) is 97.3 Å². The minimum atomic E-state index is -0.936. The number of nitrogens with one attached hydrogen (secondary N) is 2. The zero-order valence-corrected chi connectivity index (χ0v) is 45.1. The Bertz CT molecular complexity index is 2350. The first-order valence-corrected chi connectivity index (χ1v) is 26.8. The molecular formula is C57H81N7O12. The molecule has 1 unspecified atom stereocenters. The van der Waals surface area contributed by atoms with E-state index in [1.165, 1.54) is 11.1 Å². The molecule has 19 heteroatoms. The molecule has 1 aromatic heterocycles. The Balaban J connectivity index is 0.876. The number of likely N-dealkylation sites (N-methyl/N-ethyl adjacent to an activating group) is 1. The minimum Gasteiger partial charge on any atom is -0.447 e. The maximum absolute atomic E-state index is 14.0. The number of ether oxygens (including phenoxy) is 8. The number of hydrogen-bond acceptors (Lipinski definition) is 16. The van der Waals surface area contributed by atoms with Gasteiger partial charge in [0.15, 0.2) is 0 Å². The highest BCUT2D eigenvalue weighted by Crippen LogP contribution is 2.35. The molecule has 2 aliphatic rings.